The Balaban J connectivity index is 1.86. The summed E-state index contributed by atoms with van der Waals surface area (Å²) in [4.78, 5) is 25.5. The Kier molecular flexibility index (Phi) is 4.22. The summed E-state index contributed by atoms with van der Waals surface area (Å²) >= 11 is 0. The first-order valence-corrected chi connectivity index (χ1v) is 6.83. The van der Waals surface area contributed by atoms with Crippen LogP contribution in [0.3, 0.4) is 0 Å². The van der Waals surface area contributed by atoms with Crippen LogP contribution < -0.4 is 10.6 Å². The molecule has 0 aromatic heterocycles. The normalized spacial score (nSPS) is 33.3. The van der Waals surface area contributed by atoms with Gasteiger partial charge in [0, 0.05) is 38.5 Å². The smallest absolute Gasteiger partial charge is 0.223 e. The maximum Gasteiger partial charge on any atom is 0.223 e. The third-order valence-electron chi connectivity index (χ3n) is 4.19. The maximum atomic E-state index is 12.2. The summed E-state index contributed by atoms with van der Waals surface area (Å²) in [6.45, 7) is 4.73. The molecule has 2 fully saturated rings. The molecule has 2 heterocycles. The average Bonchev–Trinajstić information content (AvgIpc) is 2.35. The number of carbonyl (C=O) groups is 2. The third-order valence-corrected chi connectivity index (χ3v) is 4.19. The first-order chi connectivity index (χ1) is 8.58. The van der Waals surface area contributed by atoms with Gasteiger partial charge in [0.25, 0.3) is 0 Å². The van der Waals surface area contributed by atoms with Gasteiger partial charge in [-0.15, -0.1) is 0 Å². The number of carbonyl (C=O) groups excluding carboxylic acids is 2. The van der Waals surface area contributed by atoms with Gasteiger partial charge in [0.1, 0.15) is 0 Å². The van der Waals surface area contributed by atoms with Gasteiger partial charge in [-0.05, 0) is 25.3 Å². The quantitative estimate of drug-likeness (QED) is 0.726. The molecule has 2 N–H and O–H groups in total. The van der Waals surface area contributed by atoms with E-state index in [4.69, 9.17) is 0 Å². The second-order valence-electron chi connectivity index (χ2n) is 5.59. The van der Waals surface area contributed by atoms with E-state index in [9.17, 15) is 9.59 Å². The van der Waals surface area contributed by atoms with Crippen LogP contribution in [0.1, 0.15) is 26.2 Å². The molecule has 0 radical (unpaired) electrons. The predicted octanol–water partition coefficient (Wildman–Crippen LogP) is -0.0310. The van der Waals surface area contributed by atoms with E-state index in [1.165, 1.54) is 0 Å². The van der Waals surface area contributed by atoms with E-state index >= 15 is 0 Å². The molecule has 0 spiro atoms. The van der Waals surface area contributed by atoms with E-state index in [0.717, 1.165) is 25.9 Å². The van der Waals surface area contributed by atoms with E-state index in [0.29, 0.717) is 18.9 Å². The van der Waals surface area contributed by atoms with Crippen molar-refractivity contribution in [1.82, 2.24) is 15.5 Å². The highest BCUT2D eigenvalue weighted by atomic mass is 16.2. The van der Waals surface area contributed by atoms with E-state index in [2.05, 4.69) is 17.6 Å². The van der Waals surface area contributed by atoms with Crippen LogP contribution in [0, 0.1) is 11.8 Å². The molecule has 18 heavy (non-hydrogen) atoms. The fourth-order valence-electron chi connectivity index (χ4n) is 2.65. The van der Waals surface area contributed by atoms with E-state index in [-0.39, 0.29) is 23.8 Å². The molecule has 0 bridgehead atoms. The van der Waals surface area contributed by atoms with Gasteiger partial charge in [0.05, 0.1) is 0 Å². The Morgan fingerprint density at radius 3 is 2.89 bits per heavy atom. The topological polar surface area (TPSA) is 61.4 Å². The number of hydrogen-bond donors (Lipinski definition) is 2. The summed E-state index contributed by atoms with van der Waals surface area (Å²) in [6.07, 6.45) is 2.23. The summed E-state index contributed by atoms with van der Waals surface area (Å²) in [5, 5.41) is 6.40. The summed E-state index contributed by atoms with van der Waals surface area (Å²) in [7, 11) is 1.80. The van der Waals surface area contributed by atoms with Crippen LogP contribution in [-0.2, 0) is 9.59 Å². The monoisotopic (exact) mass is 253 g/mol. The molecule has 2 rings (SSSR count). The molecule has 5 nitrogen and oxygen atoms in total. The molecule has 102 valence electrons. The van der Waals surface area contributed by atoms with E-state index in [1.807, 2.05) is 0 Å². The maximum absolute atomic E-state index is 12.2. The Bertz CT molecular complexity index is 332. The van der Waals surface area contributed by atoms with Crippen molar-refractivity contribution in [3.05, 3.63) is 0 Å². The second kappa shape index (κ2) is 5.69. The molecule has 2 aliphatic rings. The average molecular weight is 253 g/mol. The lowest BCUT2D eigenvalue weighted by Gasteiger charge is -2.33. The minimum Gasteiger partial charge on any atom is -0.352 e. The fourth-order valence-corrected chi connectivity index (χ4v) is 2.65. The molecule has 2 aliphatic heterocycles. The zero-order valence-electron chi connectivity index (χ0n) is 11.2. The van der Waals surface area contributed by atoms with Gasteiger partial charge in [-0.25, -0.2) is 0 Å². The van der Waals surface area contributed by atoms with Crippen LogP contribution in [-0.4, -0.2) is 49.4 Å². The van der Waals surface area contributed by atoms with Crippen molar-refractivity contribution in [2.75, 3.05) is 26.7 Å². The highest BCUT2D eigenvalue weighted by Gasteiger charge is 2.31. The molecule has 3 unspecified atom stereocenters. The van der Waals surface area contributed by atoms with Crippen LogP contribution in [0.25, 0.3) is 0 Å². The number of likely N-dealkylation sites (tertiary alicyclic amines) is 1. The second-order valence-corrected chi connectivity index (χ2v) is 5.59. The summed E-state index contributed by atoms with van der Waals surface area (Å²) in [6, 6.07) is 0.209. The van der Waals surface area contributed by atoms with E-state index < -0.39 is 0 Å². The Hall–Kier alpha value is -1.10. The number of hydrogen-bond acceptors (Lipinski definition) is 3. The Morgan fingerprint density at radius 1 is 1.44 bits per heavy atom. The van der Waals surface area contributed by atoms with Crippen molar-refractivity contribution in [1.29, 1.82) is 0 Å². The SMILES string of the molecule is CC1CCNCC1NC(=O)C1CCN(C)C(=O)C1. The molecular formula is C13H23N3O2. The molecule has 5 heteroatoms. The predicted molar refractivity (Wildman–Crippen MR) is 68.9 cm³/mol. The van der Waals surface area contributed by atoms with Crippen LogP contribution in [0.4, 0.5) is 0 Å². The van der Waals surface area contributed by atoms with Crippen molar-refractivity contribution in [3.63, 3.8) is 0 Å². The van der Waals surface area contributed by atoms with Crippen molar-refractivity contribution in [2.24, 2.45) is 11.8 Å². The molecule has 0 aromatic carbocycles. The lowest BCUT2D eigenvalue weighted by Crippen LogP contribution is -2.52. The van der Waals surface area contributed by atoms with Gasteiger partial charge in [0.15, 0.2) is 0 Å². The zero-order chi connectivity index (χ0) is 13.1. The summed E-state index contributed by atoms with van der Waals surface area (Å²) in [5.41, 5.74) is 0. The molecule has 0 aliphatic carbocycles. The number of piperidine rings is 2. The van der Waals surface area contributed by atoms with Crippen molar-refractivity contribution >= 4 is 11.8 Å². The van der Waals surface area contributed by atoms with Crippen LogP contribution >= 0.6 is 0 Å². The largest absolute Gasteiger partial charge is 0.352 e. The van der Waals surface area contributed by atoms with Crippen LogP contribution in [0.5, 0.6) is 0 Å². The Labute approximate surface area is 108 Å². The molecule has 0 aromatic rings. The number of nitrogens with zero attached hydrogens (tertiary/aromatic N) is 1. The van der Waals surface area contributed by atoms with Crippen LogP contribution in [0.15, 0.2) is 0 Å². The van der Waals surface area contributed by atoms with Crippen molar-refractivity contribution in [3.8, 4) is 0 Å². The first kappa shape index (κ1) is 13.3. The highest BCUT2D eigenvalue weighted by molar-refractivity contribution is 5.87. The molecule has 2 saturated heterocycles. The lowest BCUT2D eigenvalue weighted by atomic mass is 9.92. The van der Waals surface area contributed by atoms with Crippen LogP contribution in [0.2, 0.25) is 0 Å². The fraction of sp³-hybridized carbons (Fsp3) is 0.846. The highest BCUT2D eigenvalue weighted by Crippen LogP contribution is 2.19. The zero-order valence-corrected chi connectivity index (χ0v) is 11.2. The minimum atomic E-state index is -0.136. The van der Waals surface area contributed by atoms with Gasteiger partial charge in [-0.1, -0.05) is 6.92 Å². The van der Waals surface area contributed by atoms with Gasteiger partial charge in [-0.2, -0.15) is 0 Å². The van der Waals surface area contributed by atoms with Gasteiger partial charge >= 0.3 is 0 Å². The van der Waals surface area contributed by atoms with Gasteiger partial charge < -0.3 is 15.5 Å². The molecular weight excluding hydrogens is 230 g/mol. The van der Waals surface area contributed by atoms with Gasteiger partial charge in [-0.3, -0.25) is 9.59 Å². The molecule has 3 atom stereocenters. The summed E-state index contributed by atoms with van der Waals surface area (Å²) < 4.78 is 0. The van der Waals surface area contributed by atoms with Gasteiger partial charge in [0.2, 0.25) is 11.8 Å². The van der Waals surface area contributed by atoms with E-state index in [1.54, 1.807) is 11.9 Å². The Morgan fingerprint density at radius 2 is 2.22 bits per heavy atom. The van der Waals surface area contributed by atoms with Crippen molar-refractivity contribution < 1.29 is 9.59 Å². The number of rotatable bonds is 2. The molecule has 0 saturated carbocycles. The minimum absolute atomic E-state index is 0.0528. The number of amides is 2. The molecule has 2 amide bonds. The lowest BCUT2D eigenvalue weighted by molar-refractivity contribution is -0.139. The number of nitrogens with one attached hydrogen (secondary N) is 2. The third kappa shape index (κ3) is 3.02. The first-order valence-electron chi connectivity index (χ1n) is 6.83. The van der Waals surface area contributed by atoms with Crippen molar-refractivity contribution in [2.45, 2.75) is 32.2 Å². The summed E-state index contributed by atoms with van der Waals surface area (Å²) in [5.74, 6) is 0.508. The standard InChI is InChI=1S/C13H23N3O2/c1-9-3-5-14-8-11(9)15-13(18)10-4-6-16(2)12(17)7-10/h9-11,14H,3-8H2,1-2H3,(H,15,18).